The molecule has 0 bridgehead atoms. The van der Waals surface area contributed by atoms with Gasteiger partial charge in [-0.05, 0) is 73.6 Å². The van der Waals surface area contributed by atoms with Gasteiger partial charge in [-0.1, -0.05) is 17.5 Å². The lowest BCUT2D eigenvalue weighted by Crippen LogP contribution is -2.28. The zero-order valence-corrected chi connectivity index (χ0v) is 18.6. The van der Waals surface area contributed by atoms with E-state index in [-0.39, 0.29) is 18.3 Å². The minimum atomic E-state index is -0.344. The number of carbonyl (C=O) groups is 1. The van der Waals surface area contributed by atoms with Crippen molar-refractivity contribution in [1.82, 2.24) is 4.90 Å². The summed E-state index contributed by atoms with van der Waals surface area (Å²) in [5.74, 6) is 2.69. The first-order valence-electron chi connectivity index (χ1n) is 9.55. The van der Waals surface area contributed by atoms with Gasteiger partial charge >= 0.3 is 0 Å². The number of carbonyl (C=O) groups excluding carboxylic acids is 1. The number of benzene rings is 2. The van der Waals surface area contributed by atoms with E-state index >= 15 is 0 Å². The molecule has 0 atom stereocenters. The first-order chi connectivity index (χ1) is 15.0. The van der Waals surface area contributed by atoms with E-state index in [4.69, 9.17) is 27.5 Å². The number of terminal acetylenes is 1. The van der Waals surface area contributed by atoms with Crippen LogP contribution in [0.15, 0.2) is 46.3 Å². The first kappa shape index (κ1) is 22.7. The maximum absolute atomic E-state index is 13.2. The molecule has 2 aromatic rings. The fourth-order valence-corrected chi connectivity index (χ4v) is 4.17. The van der Waals surface area contributed by atoms with Crippen molar-refractivity contribution in [3.05, 3.63) is 57.7 Å². The quantitative estimate of drug-likeness (QED) is 0.405. The molecule has 3 rings (SSSR count). The molecule has 5 nitrogen and oxygen atoms in total. The van der Waals surface area contributed by atoms with E-state index in [0.717, 1.165) is 0 Å². The number of nitrogens with zero attached hydrogens (tertiary/aromatic N) is 2. The number of likely N-dealkylation sites (N-methyl/N-ethyl adjacent to an activating group) is 1. The van der Waals surface area contributed by atoms with Crippen molar-refractivity contribution in [1.29, 1.82) is 0 Å². The molecule has 2 aromatic carbocycles. The molecule has 0 aliphatic carbocycles. The van der Waals surface area contributed by atoms with Crippen LogP contribution in [0.3, 0.4) is 0 Å². The molecular weight excluding hydrogens is 439 g/mol. The van der Waals surface area contributed by atoms with Crippen molar-refractivity contribution in [3.63, 3.8) is 0 Å². The van der Waals surface area contributed by atoms with E-state index in [1.54, 1.807) is 35.2 Å². The second kappa shape index (κ2) is 10.4. The number of halogens is 2. The van der Waals surface area contributed by atoms with Crippen molar-refractivity contribution in [3.8, 4) is 23.8 Å². The van der Waals surface area contributed by atoms with Crippen LogP contribution in [0.25, 0.3) is 6.08 Å². The van der Waals surface area contributed by atoms with Crippen LogP contribution in [0.5, 0.6) is 11.5 Å². The fourth-order valence-electron chi connectivity index (χ4n) is 2.84. The van der Waals surface area contributed by atoms with Crippen molar-refractivity contribution < 1.29 is 18.7 Å². The van der Waals surface area contributed by atoms with Crippen LogP contribution in [0.1, 0.15) is 19.4 Å². The maximum Gasteiger partial charge on any atom is 0.266 e. The largest absolute Gasteiger partial charge is 0.490 e. The van der Waals surface area contributed by atoms with Crippen molar-refractivity contribution >= 4 is 46.2 Å². The van der Waals surface area contributed by atoms with Gasteiger partial charge in [-0.3, -0.25) is 9.69 Å². The highest BCUT2D eigenvalue weighted by Crippen LogP contribution is 2.39. The van der Waals surface area contributed by atoms with Gasteiger partial charge in [0.1, 0.15) is 12.4 Å². The third kappa shape index (κ3) is 5.40. The summed E-state index contributed by atoms with van der Waals surface area (Å²) in [4.78, 5) is 19.4. The Balaban J connectivity index is 1.94. The second-order valence-corrected chi connectivity index (χ2v) is 7.70. The number of aliphatic imine (C=N–C) groups is 1. The monoisotopic (exact) mass is 458 g/mol. The van der Waals surface area contributed by atoms with Crippen LogP contribution in [0.4, 0.5) is 10.1 Å². The van der Waals surface area contributed by atoms with Gasteiger partial charge in [-0.15, -0.1) is 6.42 Å². The lowest BCUT2D eigenvalue weighted by atomic mass is 10.1. The Morgan fingerprint density at radius 1 is 1.26 bits per heavy atom. The number of amides is 1. The highest BCUT2D eigenvalue weighted by Gasteiger charge is 2.32. The van der Waals surface area contributed by atoms with Crippen LogP contribution < -0.4 is 9.47 Å². The molecule has 1 saturated heterocycles. The molecule has 1 aliphatic heterocycles. The Kier molecular flexibility index (Phi) is 7.61. The molecule has 0 N–H and O–H groups in total. The molecule has 1 amide bonds. The van der Waals surface area contributed by atoms with Crippen LogP contribution >= 0.6 is 23.4 Å². The standard InChI is InChI=1S/C23H20ClFN2O3S/c1-4-11-30-21-18(24)12-15(13-19(21)29-6-3)14-20-22(28)27(5-2)23(31-20)26-17-9-7-16(25)8-10-17/h1,7-10,12-14H,5-6,11H2,2-3H3/b20-14+,26-23?. The number of hydrogen-bond donors (Lipinski definition) is 0. The topological polar surface area (TPSA) is 51.1 Å². The molecule has 0 aromatic heterocycles. The minimum absolute atomic E-state index is 0.0588. The average molecular weight is 459 g/mol. The van der Waals surface area contributed by atoms with Gasteiger partial charge in [0.2, 0.25) is 0 Å². The molecule has 1 aliphatic rings. The molecule has 160 valence electrons. The number of thioether (sulfide) groups is 1. The highest BCUT2D eigenvalue weighted by molar-refractivity contribution is 8.18. The SMILES string of the molecule is C#CCOc1c(Cl)cc(/C=C2/SC(=Nc3ccc(F)cc3)N(CC)C2=O)cc1OCC. The van der Waals surface area contributed by atoms with E-state index in [1.807, 2.05) is 13.8 Å². The Labute approximate surface area is 189 Å². The number of rotatable bonds is 7. The predicted molar refractivity (Wildman–Crippen MR) is 123 cm³/mol. The molecule has 0 saturated carbocycles. The van der Waals surface area contributed by atoms with Crippen LogP contribution in [-0.4, -0.2) is 35.7 Å². The van der Waals surface area contributed by atoms with E-state index in [0.29, 0.717) is 51.0 Å². The van der Waals surface area contributed by atoms with Gasteiger partial charge in [0.25, 0.3) is 5.91 Å². The third-order valence-electron chi connectivity index (χ3n) is 4.18. The molecule has 0 radical (unpaired) electrons. The summed E-state index contributed by atoms with van der Waals surface area (Å²) in [6.45, 7) is 4.63. The maximum atomic E-state index is 13.2. The van der Waals surface area contributed by atoms with E-state index in [9.17, 15) is 9.18 Å². The van der Waals surface area contributed by atoms with Gasteiger partial charge in [0, 0.05) is 6.54 Å². The van der Waals surface area contributed by atoms with Gasteiger partial charge < -0.3 is 9.47 Å². The normalized spacial score (nSPS) is 16.1. The molecule has 31 heavy (non-hydrogen) atoms. The van der Waals surface area contributed by atoms with Crippen molar-refractivity contribution in [2.24, 2.45) is 4.99 Å². The van der Waals surface area contributed by atoms with E-state index in [1.165, 1.54) is 23.9 Å². The third-order valence-corrected chi connectivity index (χ3v) is 5.47. The zero-order valence-electron chi connectivity index (χ0n) is 17.0. The number of ether oxygens (including phenoxy) is 2. The van der Waals surface area contributed by atoms with E-state index in [2.05, 4.69) is 10.9 Å². The summed E-state index contributed by atoms with van der Waals surface area (Å²) < 4.78 is 24.3. The molecule has 0 spiro atoms. The van der Waals surface area contributed by atoms with Gasteiger partial charge in [-0.2, -0.15) is 0 Å². The molecule has 1 heterocycles. The fraction of sp³-hybridized carbons (Fsp3) is 0.217. The van der Waals surface area contributed by atoms with Crippen LogP contribution in [0, 0.1) is 18.2 Å². The molecule has 1 fully saturated rings. The zero-order chi connectivity index (χ0) is 22.4. The van der Waals surface area contributed by atoms with Crippen LogP contribution in [-0.2, 0) is 4.79 Å². The smallest absolute Gasteiger partial charge is 0.266 e. The van der Waals surface area contributed by atoms with Crippen molar-refractivity contribution in [2.45, 2.75) is 13.8 Å². The first-order valence-corrected chi connectivity index (χ1v) is 10.7. The molecule has 8 heteroatoms. The Morgan fingerprint density at radius 2 is 2.00 bits per heavy atom. The summed E-state index contributed by atoms with van der Waals surface area (Å²) in [7, 11) is 0. The lowest BCUT2D eigenvalue weighted by molar-refractivity contribution is -0.122. The van der Waals surface area contributed by atoms with Crippen LogP contribution in [0.2, 0.25) is 5.02 Å². The lowest BCUT2D eigenvalue weighted by Gasteiger charge is -2.13. The predicted octanol–water partition coefficient (Wildman–Crippen LogP) is 5.51. The molecular formula is C23H20ClFN2O3S. The number of amidine groups is 1. The second-order valence-electron chi connectivity index (χ2n) is 6.29. The van der Waals surface area contributed by atoms with Gasteiger partial charge in [0.15, 0.2) is 16.7 Å². The van der Waals surface area contributed by atoms with Gasteiger partial charge in [0.05, 0.1) is 22.2 Å². The Morgan fingerprint density at radius 3 is 2.65 bits per heavy atom. The molecule has 0 unspecified atom stereocenters. The van der Waals surface area contributed by atoms with E-state index < -0.39 is 0 Å². The average Bonchev–Trinajstić information content (AvgIpc) is 3.03. The highest BCUT2D eigenvalue weighted by atomic mass is 35.5. The Bertz CT molecular complexity index is 1080. The van der Waals surface area contributed by atoms with Crippen molar-refractivity contribution in [2.75, 3.05) is 19.8 Å². The number of hydrogen-bond acceptors (Lipinski definition) is 5. The summed E-state index contributed by atoms with van der Waals surface area (Å²) in [6.07, 6.45) is 6.99. The summed E-state index contributed by atoms with van der Waals surface area (Å²) in [5, 5.41) is 0.853. The summed E-state index contributed by atoms with van der Waals surface area (Å²) in [5.41, 5.74) is 1.24. The Hall–Kier alpha value is -2.95. The minimum Gasteiger partial charge on any atom is -0.490 e. The summed E-state index contributed by atoms with van der Waals surface area (Å²) >= 11 is 7.61. The summed E-state index contributed by atoms with van der Waals surface area (Å²) in [6, 6.07) is 9.21. The van der Waals surface area contributed by atoms with Gasteiger partial charge in [-0.25, -0.2) is 9.38 Å².